The predicted molar refractivity (Wildman–Crippen MR) is 101 cm³/mol. The van der Waals surface area contributed by atoms with Crippen molar-refractivity contribution in [3.8, 4) is 0 Å². The second-order valence-electron chi connectivity index (χ2n) is 5.17. The molecule has 0 radical (unpaired) electrons. The van der Waals surface area contributed by atoms with Gasteiger partial charge in [0.15, 0.2) is 0 Å². The highest BCUT2D eigenvalue weighted by molar-refractivity contribution is 7.98. The molecule has 1 aromatic carbocycles. The van der Waals surface area contributed by atoms with E-state index in [0.29, 0.717) is 23.2 Å². The molecule has 0 aliphatic heterocycles. The van der Waals surface area contributed by atoms with Crippen LogP contribution in [0.25, 0.3) is 10.2 Å². The molecule has 0 aliphatic carbocycles. The van der Waals surface area contributed by atoms with E-state index in [1.165, 1.54) is 23.9 Å². The van der Waals surface area contributed by atoms with Crippen LogP contribution in [-0.2, 0) is 5.75 Å². The molecule has 10 heteroatoms. The van der Waals surface area contributed by atoms with Crippen molar-refractivity contribution in [3.05, 3.63) is 53.7 Å². The van der Waals surface area contributed by atoms with E-state index in [4.69, 9.17) is 5.73 Å². The van der Waals surface area contributed by atoms with E-state index in [1.807, 2.05) is 11.4 Å². The number of aromatic nitrogens is 5. The SMILES string of the molecule is Nc1nc(CSc2ncnc3sccc23)nc(Nc2ccc(F)cc2)n1. The fourth-order valence-corrected chi connectivity index (χ4v) is 3.87. The van der Waals surface area contributed by atoms with Crippen LogP contribution < -0.4 is 11.1 Å². The number of thioether (sulfide) groups is 1. The molecule has 130 valence electrons. The third-order valence-electron chi connectivity index (χ3n) is 3.36. The number of rotatable bonds is 5. The van der Waals surface area contributed by atoms with Crippen molar-refractivity contribution in [2.24, 2.45) is 0 Å². The van der Waals surface area contributed by atoms with Crippen LogP contribution in [0.5, 0.6) is 0 Å². The maximum atomic E-state index is 13.0. The van der Waals surface area contributed by atoms with Crippen LogP contribution in [0.3, 0.4) is 0 Å². The number of nitrogens with two attached hydrogens (primary N) is 1. The van der Waals surface area contributed by atoms with Gasteiger partial charge in [-0.25, -0.2) is 14.4 Å². The van der Waals surface area contributed by atoms with Gasteiger partial charge in [-0.05, 0) is 35.7 Å². The van der Waals surface area contributed by atoms with Gasteiger partial charge < -0.3 is 11.1 Å². The molecular formula is C16H12FN7S2. The number of fused-ring (bicyclic) bond motifs is 1. The lowest BCUT2D eigenvalue weighted by molar-refractivity contribution is 0.628. The van der Waals surface area contributed by atoms with Crippen molar-refractivity contribution in [1.29, 1.82) is 0 Å². The number of nitrogens with zero attached hydrogens (tertiary/aromatic N) is 5. The Balaban J connectivity index is 1.52. The van der Waals surface area contributed by atoms with Crippen molar-refractivity contribution in [2.75, 3.05) is 11.1 Å². The first-order valence-electron chi connectivity index (χ1n) is 7.51. The van der Waals surface area contributed by atoms with Crippen LogP contribution in [0.2, 0.25) is 0 Å². The summed E-state index contributed by atoms with van der Waals surface area (Å²) in [7, 11) is 0. The summed E-state index contributed by atoms with van der Waals surface area (Å²) >= 11 is 3.07. The molecule has 0 bridgehead atoms. The van der Waals surface area contributed by atoms with Crippen molar-refractivity contribution >= 4 is 50.9 Å². The summed E-state index contributed by atoms with van der Waals surface area (Å²) in [5, 5.41) is 6.85. The monoisotopic (exact) mass is 385 g/mol. The second-order valence-corrected chi connectivity index (χ2v) is 7.03. The lowest BCUT2D eigenvalue weighted by atomic mass is 10.3. The molecule has 0 atom stereocenters. The Morgan fingerprint density at radius 2 is 1.92 bits per heavy atom. The van der Waals surface area contributed by atoms with E-state index in [1.54, 1.807) is 29.8 Å². The maximum Gasteiger partial charge on any atom is 0.232 e. The van der Waals surface area contributed by atoms with E-state index in [-0.39, 0.29) is 11.8 Å². The van der Waals surface area contributed by atoms with E-state index in [2.05, 4.69) is 30.2 Å². The van der Waals surface area contributed by atoms with Crippen molar-refractivity contribution in [1.82, 2.24) is 24.9 Å². The molecule has 3 heterocycles. The van der Waals surface area contributed by atoms with Crippen LogP contribution >= 0.6 is 23.1 Å². The minimum Gasteiger partial charge on any atom is -0.368 e. The topological polar surface area (TPSA) is 102 Å². The van der Waals surface area contributed by atoms with E-state index in [0.717, 1.165) is 15.2 Å². The van der Waals surface area contributed by atoms with Gasteiger partial charge >= 0.3 is 0 Å². The number of hydrogen-bond donors (Lipinski definition) is 2. The molecule has 0 spiro atoms. The first-order valence-corrected chi connectivity index (χ1v) is 9.38. The third kappa shape index (κ3) is 3.70. The van der Waals surface area contributed by atoms with Gasteiger partial charge in [-0.3, -0.25) is 0 Å². The zero-order valence-corrected chi connectivity index (χ0v) is 14.9. The molecule has 0 fully saturated rings. The van der Waals surface area contributed by atoms with Crippen molar-refractivity contribution in [3.63, 3.8) is 0 Å². The van der Waals surface area contributed by atoms with Gasteiger partial charge in [-0.15, -0.1) is 11.3 Å². The number of nitrogens with one attached hydrogen (secondary N) is 1. The van der Waals surface area contributed by atoms with Crippen LogP contribution in [0.4, 0.5) is 22.0 Å². The van der Waals surface area contributed by atoms with Crippen LogP contribution in [0, 0.1) is 5.82 Å². The van der Waals surface area contributed by atoms with Crippen molar-refractivity contribution < 1.29 is 4.39 Å². The fourth-order valence-electron chi connectivity index (χ4n) is 2.24. The first-order chi connectivity index (χ1) is 12.7. The molecule has 3 N–H and O–H groups in total. The normalized spacial score (nSPS) is 11.0. The van der Waals surface area contributed by atoms with Crippen molar-refractivity contribution in [2.45, 2.75) is 10.8 Å². The van der Waals surface area contributed by atoms with Crippen LogP contribution in [0.1, 0.15) is 5.82 Å². The van der Waals surface area contributed by atoms with Gasteiger partial charge in [0.2, 0.25) is 11.9 Å². The summed E-state index contributed by atoms with van der Waals surface area (Å²) in [6, 6.07) is 7.89. The summed E-state index contributed by atoms with van der Waals surface area (Å²) in [6.45, 7) is 0. The summed E-state index contributed by atoms with van der Waals surface area (Å²) in [6.07, 6.45) is 1.55. The third-order valence-corrected chi connectivity index (χ3v) is 5.18. The lowest BCUT2D eigenvalue weighted by Gasteiger charge is -2.07. The Hall–Kier alpha value is -2.85. The Morgan fingerprint density at radius 1 is 1.08 bits per heavy atom. The number of anilines is 3. The van der Waals surface area contributed by atoms with Gasteiger partial charge in [0.1, 0.15) is 27.8 Å². The van der Waals surface area contributed by atoms with Gasteiger partial charge in [-0.1, -0.05) is 11.8 Å². The maximum absolute atomic E-state index is 13.0. The second kappa shape index (κ2) is 7.18. The number of hydrogen-bond acceptors (Lipinski definition) is 9. The molecule has 0 unspecified atom stereocenters. The molecule has 0 amide bonds. The molecule has 0 saturated heterocycles. The average molecular weight is 385 g/mol. The molecule has 0 aliphatic rings. The summed E-state index contributed by atoms with van der Waals surface area (Å²) in [5.74, 6) is 1.11. The molecule has 0 saturated carbocycles. The standard InChI is InChI=1S/C16H12FN7S2/c17-9-1-3-10(4-2-9)21-16-23-12(22-15(18)24-16)7-26-14-11-5-6-25-13(11)19-8-20-14/h1-6,8H,7H2,(H3,18,21,22,23,24). The summed E-state index contributed by atoms with van der Waals surface area (Å²) in [4.78, 5) is 22.1. The lowest BCUT2D eigenvalue weighted by Crippen LogP contribution is -2.06. The Bertz CT molecular complexity index is 1050. The average Bonchev–Trinajstić information content (AvgIpc) is 3.11. The molecule has 26 heavy (non-hydrogen) atoms. The zero-order chi connectivity index (χ0) is 17.9. The van der Waals surface area contributed by atoms with E-state index >= 15 is 0 Å². The Kier molecular flexibility index (Phi) is 4.59. The van der Waals surface area contributed by atoms with Gasteiger partial charge in [0, 0.05) is 11.1 Å². The molecule has 3 aromatic heterocycles. The zero-order valence-electron chi connectivity index (χ0n) is 13.3. The minimum atomic E-state index is -0.313. The number of nitrogen functional groups attached to an aromatic ring is 1. The van der Waals surface area contributed by atoms with Gasteiger partial charge in [0.25, 0.3) is 0 Å². The van der Waals surface area contributed by atoms with Crippen LogP contribution in [0.15, 0.2) is 47.1 Å². The largest absolute Gasteiger partial charge is 0.368 e. The highest BCUT2D eigenvalue weighted by Gasteiger charge is 2.09. The summed E-state index contributed by atoms with van der Waals surface area (Å²) < 4.78 is 13.0. The first kappa shape index (κ1) is 16.6. The highest BCUT2D eigenvalue weighted by Crippen LogP contribution is 2.29. The van der Waals surface area contributed by atoms with E-state index < -0.39 is 0 Å². The highest BCUT2D eigenvalue weighted by atomic mass is 32.2. The molecule has 4 rings (SSSR count). The minimum absolute atomic E-state index is 0.114. The van der Waals surface area contributed by atoms with E-state index in [9.17, 15) is 4.39 Å². The number of thiophene rings is 1. The molecular weight excluding hydrogens is 373 g/mol. The fraction of sp³-hybridized carbons (Fsp3) is 0.0625. The smallest absolute Gasteiger partial charge is 0.232 e. The van der Waals surface area contributed by atoms with Crippen LogP contribution in [-0.4, -0.2) is 24.9 Å². The predicted octanol–water partition coefficient (Wildman–Crippen LogP) is 3.63. The van der Waals surface area contributed by atoms with Gasteiger partial charge in [0.05, 0.1) is 5.75 Å². The summed E-state index contributed by atoms with van der Waals surface area (Å²) in [5.41, 5.74) is 6.44. The van der Waals surface area contributed by atoms with Gasteiger partial charge in [-0.2, -0.15) is 15.0 Å². The Labute approximate surface area is 156 Å². The number of halogens is 1. The molecule has 4 aromatic rings. The quantitative estimate of drug-likeness (QED) is 0.397. The Morgan fingerprint density at radius 3 is 2.77 bits per heavy atom. The molecule has 7 nitrogen and oxygen atoms in total. The number of benzene rings is 1.